The number of hydrogen-bond acceptors (Lipinski definition) is 3. The molecular formula is C37H29N5. The molecule has 0 N–H and O–H groups in total. The fourth-order valence-corrected chi connectivity index (χ4v) is 7.06. The number of hydrogen-bond donors (Lipinski definition) is 0. The maximum Gasteiger partial charge on any atom is 0.140 e. The van der Waals surface area contributed by atoms with Crippen LogP contribution in [0.5, 0.6) is 0 Å². The largest absolute Gasteiger partial charge is 0.361 e. The first-order valence-electron chi connectivity index (χ1n) is 14.5. The third kappa shape index (κ3) is 3.28. The summed E-state index contributed by atoms with van der Waals surface area (Å²) in [6, 6.07) is 37.7. The van der Waals surface area contributed by atoms with E-state index >= 15 is 0 Å². The summed E-state index contributed by atoms with van der Waals surface area (Å²) in [7, 11) is 4.21. The third-order valence-corrected chi connectivity index (χ3v) is 9.03. The zero-order valence-electron chi connectivity index (χ0n) is 23.6. The van der Waals surface area contributed by atoms with Crippen LogP contribution in [0, 0.1) is 0 Å². The van der Waals surface area contributed by atoms with Gasteiger partial charge in [0, 0.05) is 54.2 Å². The summed E-state index contributed by atoms with van der Waals surface area (Å²) in [5.41, 5.74) is 13.6. The molecule has 2 aliphatic rings. The van der Waals surface area contributed by atoms with E-state index in [4.69, 9.17) is 4.98 Å². The molecule has 1 aliphatic carbocycles. The molecule has 0 amide bonds. The molecule has 5 aromatic carbocycles. The van der Waals surface area contributed by atoms with Crippen LogP contribution >= 0.6 is 0 Å². The van der Waals surface area contributed by atoms with Gasteiger partial charge >= 0.3 is 0 Å². The Hall–Kier alpha value is -5.29. The molecule has 0 saturated carbocycles. The summed E-state index contributed by atoms with van der Waals surface area (Å²) in [5, 5.41) is 2.60. The molecule has 0 atom stereocenters. The van der Waals surface area contributed by atoms with Crippen LogP contribution < -0.4 is 4.90 Å². The van der Waals surface area contributed by atoms with Gasteiger partial charge in [0.1, 0.15) is 5.82 Å². The Kier molecular flexibility index (Phi) is 4.80. The first-order valence-corrected chi connectivity index (χ1v) is 14.5. The molecular weight excluding hydrogens is 514 g/mol. The highest BCUT2D eigenvalue weighted by Crippen LogP contribution is 2.46. The minimum absolute atomic E-state index is 0.845. The van der Waals surface area contributed by atoms with E-state index < -0.39 is 0 Å². The fraction of sp³-hybridized carbons (Fsp3) is 0.108. The molecule has 0 radical (unpaired) electrons. The smallest absolute Gasteiger partial charge is 0.140 e. The fourth-order valence-electron chi connectivity index (χ4n) is 7.06. The Labute approximate surface area is 244 Å². The molecule has 0 spiro atoms. The van der Waals surface area contributed by atoms with Crippen molar-refractivity contribution in [3.05, 3.63) is 127 Å². The molecule has 3 heterocycles. The average molecular weight is 544 g/mol. The highest BCUT2D eigenvalue weighted by atomic mass is 15.3. The molecule has 7 aromatic rings. The second kappa shape index (κ2) is 8.60. The van der Waals surface area contributed by atoms with Crippen molar-refractivity contribution in [2.24, 2.45) is 7.05 Å². The number of aromatic nitrogens is 3. The lowest BCUT2D eigenvalue weighted by Crippen LogP contribution is -2.21. The van der Waals surface area contributed by atoms with E-state index in [1.54, 1.807) is 0 Å². The van der Waals surface area contributed by atoms with Gasteiger partial charge in [0.15, 0.2) is 0 Å². The first-order chi connectivity index (χ1) is 20.6. The van der Waals surface area contributed by atoms with Crippen LogP contribution in [-0.2, 0) is 13.5 Å². The van der Waals surface area contributed by atoms with Crippen molar-refractivity contribution in [1.82, 2.24) is 19.0 Å². The van der Waals surface area contributed by atoms with Crippen molar-refractivity contribution in [2.75, 3.05) is 18.6 Å². The molecule has 2 aromatic heterocycles. The maximum absolute atomic E-state index is 5.04. The van der Waals surface area contributed by atoms with Crippen molar-refractivity contribution >= 4 is 38.5 Å². The second-order valence-corrected chi connectivity index (χ2v) is 11.6. The molecule has 0 unspecified atom stereocenters. The molecule has 5 heteroatoms. The van der Waals surface area contributed by atoms with E-state index in [0.717, 1.165) is 41.2 Å². The lowest BCUT2D eigenvalue weighted by molar-refractivity contribution is 0.496. The Morgan fingerprint density at radius 3 is 2.40 bits per heavy atom. The number of para-hydroxylation sites is 2. The lowest BCUT2D eigenvalue weighted by Gasteiger charge is -2.19. The molecule has 42 heavy (non-hydrogen) atoms. The van der Waals surface area contributed by atoms with Crippen LogP contribution in [0.15, 0.2) is 116 Å². The standard InChI is InChI=1S/C37H29N5/c1-39-18-19-41(23-39)27-9-7-10-28(22-27)42-33-17-15-25-20-24-8-3-4-11-29(24)35(25)36(33)30-16-14-26(21-34(30)42)37-38-31-12-5-6-13-32(31)40(37)2/h3-19,21-22H,20,23H2,1-2H3. The van der Waals surface area contributed by atoms with Crippen LogP contribution in [0.1, 0.15) is 11.1 Å². The number of nitrogens with zero attached hydrogens (tertiary/aromatic N) is 5. The van der Waals surface area contributed by atoms with Gasteiger partial charge in [-0.25, -0.2) is 4.98 Å². The van der Waals surface area contributed by atoms with Crippen LogP contribution in [-0.4, -0.2) is 32.7 Å². The number of rotatable bonds is 3. The molecule has 1 aliphatic heterocycles. The molecule has 0 bridgehead atoms. The third-order valence-electron chi connectivity index (χ3n) is 9.03. The van der Waals surface area contributed by atoms with Crippen molar-refractivity contribution in [1.29, 1.82) is 0 Å². The van der Waals surface area contributed by atoms with Gasteiger partial charge in [0.05, 0.1) is 28.7 Å². The van der Waals surface area contributed by atoms with Crippen molar-refractivity contribution in [2.45, 2.75) is 6.42 Å². The number of benzene rings is 5. The van der Waals surface area contributed by atoms with Crippen LogP contribution in [0.25, 0.3) is 61.0 Å². The SMILES string of the molecule is CN1C=CN(c2cccc(-n3c4cc(-c5nc6ccccc6n5C)ccc4c4c5c(ccc43)Cc3ccccc3-5)c2)C1. The second-order valence-electron chi connectivity index (χ2n) is 11.6. The Morgan fingerprint density at radius 2 is 1.52 bits per heavy atom. The average Bonchev–Trinajstić information content (AvgIpc) is 3.78. The molecule has 5 nitrogen and oxygen atoms in total. The minimum Gasteiger partial charge on any atom is -0.361 e. The number of anilines is 1. The van der Waals surface area contributed by atoms with Crippen LogP contribution in [0.4, 0.5) is 5.69 Å². The summed E-state index contributed by atoms with van der Waals surface area (Å²) in [5.74, 6) is 0.976. The number of fused-ring (bicyclic) bond motifs is 8. The normalized spacial score (nSPS) is 14.0. The summed E-state index contributed by atoms with van der Waals surface area (Å²) < 4.78 is 4.65. The molecule has 0 saturated heterocycles. The van der Waals surface area contributed by atoms with E-state index in [-0.39, 0.29) is 0 Å². The zero-order chi connectivity index (χ0) is 27.9. The lowest BCUT2D eigenvalue weighted by atomic mass is 9.99. The van der Waals surface area contributed by atoms with Crippen molar-refractivity contribution in [3.8, 4) is 28.2 Å². The summed E-state index contributed by atoms with van der Waals surface area (Å²) in [6.45, 7) is 0.845. The molecule has 0 fully saturated rings. The van der Waals surface area contributed by atoms with E-state index in [2.05, 4.69) is 149 Å². The van der Waals surface area contributed by atoms with Gasteiger partial charge in [-0.3, -0.25) is 0 Å². The van der Waals surface area contributed by atoms with Gasteiger partial charge in [-0.2, -0.15) is 0 Å². The minimum atomic E-state index is 0.845. The monoisotopic (exact) mass is 543 g/mol. The summed E-state index contributed by atoms with van der Waals surface area (Å²) in [6.07, 6.45) is 5.26. The maximum atomic E-state index is 5.04. The number of aryl methyl sites for hydroxylation is 1. The van der Waals surface area contributed by atoms with E-state index in [1.165, 1.54) is 49.7 Å². The predicted molar refractivity (Wildman–Crippen MR) is 173 cm³/mol. The van der Waals surface area contributed by atoms with Crippen molar-refractivity contribution in [3.63, 3.8) is 0 Å². The van der Waals surface area contributed by atoms with Crippen LogP contribution in [0.2, 0.25) is 0 Å². The number of imidazole rings is 1. The predicted octanol–water partition coefficient (Wildman–Crippen LogP) is 8.09. The first kappa shape index (κ1) is 23.4. The summed E-state index contributed by atoms with van der Waals surface area (Å²) in [4.78, 5) is 9.52. The summed E-state index contributed by atoms with van der Waals surface area (Å²) >= 11 is 0. The van der Waals surface area contributed by atoms with E-state index in [1.807, 2.05) is 0 Å². The highest BCUT2D eigenvalue weighted by Gasteiger charge is 2.25. The quantitative estimate of drug-likeness (QED) is 0.226. The zero-order valence-corrected chi connectivity index (χ0v) is 23.6. The van der Waals surface area contributed by atoms with Gasteiger partial charge in [0.2, 0.25) is 0 Å². The Balaban J connectivity index is 1.34. The van der Waals surface area contributed by atoms with Crippen molar-refractivity contribution < 1.29 is 0 Å². The van der Waals surface area contributed by atoms with Gasteiger partial charge in [-0.05, 0) is 71.1 Å². The Morgan fingerprint density at radius 1 is 0.667 bits per heavy atom. The van der Waals surface area contributed by atoms with E-state index in [0.29, 0.717) is 0 Å². The van der Waals surface area contributed by atoms with Crippen LogP contribution in [0.3, 0.4) is 0 Å². The van der Waals surface area contributed by atoms with E-state index in [9.17, 15) is 0 Å². The molecule has 202 valence electrons. The van der Waals surface area contributed by atoms with Gasteiger partial charge < -0.3 is 18.9 Å². The van der Waals surface area contributed by atoms with Gasteiger partial charge in [-0.15, -0.1) is 0 Å². The molecule has 9 rings (SSSR count). The van der Waals surface area contributed by atoms with Gasteiger partial charge in [0.25, 0.3) is 0 Å². The van der Waals surface area contributed by atoms with Gasteiger partial charge in [-0.1, -0.05) is 60.7 Å². The highest BCUT2D eigenvalue weighted by molar-refractivity contribution is 6.18. The Bertz CT molecular complexity index is 2250. The topological polar surface area (TPSA) is 29.2 Å².